The zero-order valence-electron chi connectivity index (χ0n) is 12.0. The summed E-state index contributed by atoms with van der Waals surface area (Å²) >= 11 is 0. The van der Waals surface area contributed by atoms with Crippen molar-refractivity contribution < 1.29 is 28.6 Å². The summed E-state index contributed by atoms with van der Waals surface area (Å²) in [5.41, 5.74) is 0. The van der Waals surface area contributed by atoms with Gasteiger partial charge in [0.2, 0.25) is 5.91 Å². The van der Waals surface area contributed by atoms with Gasteiger partial charge in [0.15, 0.2) is 0 Å². The number of carbonyl (C=O) groups is 3. The van der Waals surface area contributed by atoms with Crippen molar-refractivity contribution in [2.24, 2.45) is 5.92 Å². The van der Waals surface area contributed by atoms with Crippen molar-refractivity contribution in [1.29, 1.82) is 0 Å². The molecule has 0 aromatic heterocycles. The van der Waals surface area contributed by atoms with E-state index in [-0.39, 0.29) is 12.3 Å². The molecule has 1 rings (SSSR count). The minimum absolute atomic E-state index is 0.123. The minimum atomic E-state index is -0.884. The van der Waals surface area contributed by atoms with Crippen LogP contribution in [-0.4, -0.2) is 50.8 Å². The number of esters is 2. The van der Waals surface area contributed by atoms with E-state index in [1.54, 1.807) is 6.92 Å². The van der Waals surface area contributed by atoms with Gasteiger partial charge in [-0.05, 0) is 19.3 Å². The van der Waals surface area contributed by atoms with Crippen molar-refractivity contribution in [3.05, 3.63) is 0 Å². The Hall–Kier alpha value is -1.63. The molecule has 0 aliphatic carbocycles. The van der Waals surface area contributed by atoms with Gasteiger partial charge in [-0.15, -0.1) is 0 Å². The van der Waals surface area contributed by atoms with E-state index in [2.05, 4.69) is 14.8 Å². The summed E-state index contributed by atoms with van der Waals surface area (Å²) in [6.07, 6.45) is 1.04. The summed E-state index contributed by atoms with van der Waals surface area (Å²) in [7, 11) is 2.51. The molecule has 0 spiro atoms. The predicted octanol–water partition coefficient (Wildman–Crippen LogP) is 0.0224. The number of nitrogens with one attached hydrogen (secondary N) is 1. The van der Waals surface area contributed by atoms with Gasteiger partial charge in [0, 0.05) is 6.61 Å². The largest absolute Gasteiger partial charge is 0.469 e. The van der Waals surface area contributed by atoms with Gasteiger partial charge in [0.25, 0.3) is 0 Å². The van der Waals surface area contributed by atoms with Crippen molar-refractivity contribution in [3.63, 3.8) is 0 Å². The summed E-state index contributed by atoms with van der Waals surface area (Å²) < 4.78 is 14.5. The fourth-order valence-electron chi connectivity index (χ4n) is 2.06. The summed E-state index contributed by atoms with van der Waals surface area (Å²) in [5, 5.41) is 2.57. The zero-order valence-corrected chi connectivity index (χ0v) is 12.0. The average molecular weight is 287 g/mol. The Morgan fingerprint density at radius 1 is 1.25 bits per heavy atom. The second kappa shape index (κ2) is 7.84. The van der Waals surface area contributed by atoms with E-state index in [1.807, 2.05) is 0 Å². The van der Waals surface area contributed by atoms with Crippen LogP contribution in [-0.2, 0) is 28.6 Å². The lowest BCUT2D eigenvalue weighted by Gasteiger charge is -2.20. The first-order chi connectivity index (χ1) is 9.49. The lowest BCUT2D eigenvalue weighted by Crippen LogP contribution is -2.47. The van der Waals surface area contributed by atoms with Gasteiger partial charge in [-0.25, -0.2) is 4.79 Å². The first-order valence-corrected chi connectivity index (χ1v) is 6.57. The highest BCUT2D eigenvalue weighted by molar-refractivity contribution is 5.87. The highest BCUT2D eigenvalue weighted by Crippen LogP contribution is 2.14. The normalized spacial score (nSPS) is 20.9. The minimum Gasteiger partial charge on any atom is -0.469 e. The molecule has 1 aliphatic heterocycles. The molecule has 0 aromatic carbocycles. The van der Waals surface area contributed by atoms with Gasteiger partial charge in [0.05, 0.1) is 20.1 Å². The van der Waals surface area contributed by atoms with Gasteiger partial charge in [-0.1, -0.05) is 6.92 Å². The first kappa shape index (κ1) is 16.4. The van der Waals surface area contributed by atoms with Gasteiger partial charge in [-0.2, -0.15) is 0 Å². The maximum Gasteiger partial charge on any atom is 0.328 e. The van der Waals surface area contributed by atoms with Crippen LogP contribution in [0.2, 0.25) is 0 Å². The third kappa shape index (κ3) is 4.48. The molecule has 0 saturated carbocycles. The maximum absolute atomic E-state index is 11.9. The fourth-order valence-corrected chi connectivity index (χ4v) is 2.06. The number of hydrogen-bond donors (Lipinski definition) is 1. The standard InChI is InChI=1S/C13H21NO6/c1-8(12(16)18-2)7-9(13(17)19-3)14-11(15)10-5-4-6-20-10/h8-10H,4-7H2,1-3H3,(H,14,15)/t8-,9-,10-/m1/s1. The van der Waals surface area contributed by atoms with Crippen molar-refractivity contribution in [3.8, 4) is 0 Å². The van der Waals surface area contributed by atoms with Gasteiger partial charge in [-0.3, -0.25) is 9.59 Å². The third-order valence-corrected chi connectivity index (χ3v) is 3.22. The first-order valence-electron chi connectivity index (χ1n) is 6.57. The number of methoxy groups -OCH3 is 2. The van der Waals surface area contributed by atoms with Crippen molar-refractivity contribution in [1.82, 2.24) is 5.32 Å². The Balaban J connectivity index is 2.61. The van der Waals surface area contributed by atoms with E-state index in [4.69, 9.17) is 4.74 Å². The summed E-state index contributed by atoms with van der Waals surface area (Å²) in [6, 6.07) is -0.884. The van der Waals surface area contributed by atoms with Gasteiger partial charge >= 0.3 is 11.9 Å². The molecular formula is C13H21NO6. The highest BCUT2D eigenvalue weighted by atomic mass is 16.5. The Bertz CT molecular complexity index is 364. The number of carbonyl (C=O) groups excluding carboxylic acids is 3. The van der Waals surface area contributed by atoms with E-state index in [9.17, 15) is 14.4 Å². The van der Waals surface area contributed by atoms with E-state index >= 15 is 0 Å². The number of ether oxygens (including phenoxy) is 3. The van der Waals surface area contributed by atoms with E-state index in [0.29, 0.717) is 13.0 Å². The molecule has 0 aromatic rings. The average Bonchev–Trinajstić information content (AvgIpc) is 2.98. The molecule has 0 bridgehead atoms. The predicted molar refractivity (Wildman–Crippen MR) is 68.7 cm³/mol. The van der Waals surface area contributed by atoms with Crippen LogP contribution in [0.5, 0.6) is 0 Å². The SMILES string of the molecule is COC(=O)[C@H](C)C[C@@H](NC(=O)[C@H]1CCCO1)C(=O)OC. The quantitative estimate of drug-likeness (QED) is 0.693. The van der Waals surface area contributed by atoms with Gasteiger partial charge < -0.3 is 19.5 Å². The molecule has 7 heteroatoms. The zero-order chi connectivity index (χ0) is 15.1. The Labute approximate surface area is 117 Å². The third-order valence-electron chi connectivity index (χ3n) is 3.22. The smallest absolute Gasteiger partial charge is 0.328 e. The number of amides is 1. The summed E-state index contributed by atoms with van der Waals surface area (Å²) in [4.78, 5) is 35.0. The molecule has 20 heavy (non-hydrogen) atoms. The summed E-state index contributed by atoms with van der Waals surface area (Å²) in [6.45, 7) is 2.17. The molecule has 3 atom stereocenters. The molecule has 1 heterocycles. The molecule has 1 saturated heterocycles. The van der Waals surface area contributed by atoms with E-state index in [0.717, 1.165) is 6.42 Å². The molecule has 0 unspecified atom stereocenters. The molecule has 1 fully saturated rings. The Kier molecular flexibility index (Phi) is 6.44. The van der Waals surface area contributed by atoms with Crippen molar-refractivity contribution in [2.45, 2.75) is 38.3 Å². The molecule has 1 amide bonds. The van der Waals surface area contributed by atoms with E-state index in [1.165, 1.54) is 14.2 Å². The van der Waals surface area contributed by atoms with Crippen LogP contribution in [0.25, 0.3) is 0 Å². The fraction of sp³-hybridized carbons (Fsp3) is 0.769. The molecule has 114 valence electrons. The van der Waals surface area contributed by atoms with Crippen molar-refractivity contribution >= 4 is 17.8 Å². The maximum atomic E-state index is 11.9. The Morgan fingerprint density at radius 3 is 2.40 bits per heavy atom. The lowest BCUT2D eigenvalue weighted by molar-refractivity contribution is -0.149. The topological polar surface area (TPSA) is 90.9 Å². The van der Waals surface area contributed by atoms with Crippen LogP contribution < -0.4 is 5.32 Å². The molecule has 1 aliphatic rings. The van der Waals surface area contributed by atoms with Crippen LogP contribution in [0.1, 0.15) is 26.2 Å². The molecule has 1 N–H and O–H groups in total. The van der Waals surface area contributed by atoms with Gasteiger partial charge in [0.1, 0.15) is 12.1 Å². The van der Waals surface area contributed by atoms with Crippen LogP contribution in [0.3, 0.4) is 0 Å². The van der Waals surface area contributed by atoms with E-state index < -0.39 is 30.0 Å². The van der Waals surface area contributed by atoms with Crippen molar-refractivity contribution in [2.75, 3.05) is 20.8 Å². The second-order valence-corrected chi connectivity index (χ2v) is 4.75. The molecule has 0 radical (unpaired) electrons. The number of rotatable bonds is 6. The second-order valence-electron chi connectivity index (χ2n) is 4.75. The Morgan fingerprint density at radius 2 is 1.90 bits per heavy atom. The van der Waals surface area contributed by atoms with Crippen LogP contribution in [0, 0.1) is 5.92 Å². The van der Waals surface area contributed by atoms with Crippen LogP contribution in [0.15, 0.2) is 0 Å². The highest BCUT2D eigenvalue weighted by Gasteiger charge is 2.31. The number of hydrogen-bond acceptors (Lipinski definition) is 6. The molecular weight excluding hydrogens is 266 g/mol. The summed E-state index contributed by atoms with van der Waals surface area (Å²) in [5.74, 6) is -1.90. The van der Waals surface area contributed by atoms with Crippen LogP contribution >= 0.6 is 0 Å². The van der Waals surface area contributed by atoms with Crippen LogP contribution in [0.4, 0.5) is 0 Å². The lowest BCUT2D eigenvalue weighted by atomic mass is 10.0. The molecule has 7 nitrogen and oxygen atoms in total. The monoisotopic (exact) mass is 287 g/mol.